The first-order chi connectivity index (χ1) is 10.9. The summed E-state index contributed by atoms with van der Waals surface area (Å²) in [6.07, 6.45) is 1.16. The molecule has 23 heavy (non-hydrogen) atoms. The van der Waals surface area contributed by atoms with Crippen LogP contribution in [0.5, 0.6) is 0 Å². The maximum atomic E-state index is 11.9. The highest BCUT2D eigenvalue weighted by Crippen LogP contribution is 2.28. The number of fused-ring (bicyclic) bond motifs is 1. The summed E-state index contributed by atoms with van der Waals surface area (Å²) in [7, 11) is -3.26. The van der Waals surface area contributed by atoms with E-state index >= 15 is 0 Å². The number of hydrogen-bond acceptors (Lipinski definition) is 6. The van der Waals surface area contributed by atoms with Gasteiger partial charge in [-0.3, -0.25) is 5.32 Å². The topological polar surface area (TPSA) is 88.2 Å². The van der Waals surface area contributed by atoms with E-state index in [1.54, 1.807) is 23.5 Å². The Hall–Kier alpha value is -1.97. The zero-order valence-electron chi connectivity index (χ0n) is 12.1. The van der Waals surface area contributed by atoms with Crippen molar-refractivity contribution in [2.45, 2.75) is 11.4 Å². The van der Waals surface area contributed by atoms with Crippen molar-refractivity contribution >= 4 is 53.9 Å². The summed E-state index contributed by atoms with van der Waals surface area (Å²) >= 11 is 2.80. The van der Waals surface area contributed by atoms with Gasteiger partial charge in [0.25, 0.3) is 0 Å². The number of benzene rings is 1. The number of nitrogens with zero attached hydrogens (tertiary/aromatic N) is 1. The van der Waals surface area contributed by atoms with Crippen LogP contribution in [-0.4, -0.2) is 25.7 Å². The van der Waals surface area contributed by atoms with Crippen molar-refractivity contribution in [1.29, 1.82) is 0 Å². The van der Waals surface area contributed by atoms with Gasteiger partial charge in [0.2, 0.25) is 0 Å². The first kappa shape index (κ1) is 15.9. The van der Waals surface area contributed by atoms with Crippen LogP contribution in [0.15, 0.2) is 40.6 Å². The number of thiazole rings is 1. The molecule has 3 rings (SSSR count). The number of carbonyl (C=O) groups is 1. The van der Waals surface area contributed by atoms with Gasteiger partial charge in [-0.25, -0.2) is 18.2 Å². The van der Waals surface area contributed by atoms with Crippen molar-refractivity contribution in [2.75, 3.05) is 11.6 Å². The molecule has 0 unspecified atom stereocenters. The summed E-state index contributed by atoms with van der Waals surface area (Å²) in [6.45, 7) is 0.451. The molecule has 0 saturated heterocycles. The third-order valence-electron chi connectivity index (χ3n) is 3.01. The van der Waals surface area contributed by atoms with Crippen LogP contribution < -0.4 is 10.6 Å². The Morgan fingerprint density at radius 2 is 2.13 bits per heavy atom. The van der Waals surface area contributed by atoms with Crippen molar-refractivity contribution in [3.05, 3.63) is 40.6 Å². The van der Waals surface area contributed by atoms with Crippen LogP contribution >= 0.6 is 22.7 Å². The number of sulfone groups is 1. The number of thiophene rings is 1. The number of aromatic nitrogens is 1. The number of amides is 2. The Morgan fingerprint density at radius 3 is 2.83 bits per heavy atom. The van der Waals surface area contributed by atoms with E-state index in [1.807, 2.05) is 17.5 Å². The van der Waals surface area contributed by atoms with Gasteiger partial charge in [0, 0.05) is 11.1 Å². The minimum Gasteiger partial charge on any atom is -0.333 e. The highest BCUT2D eigenvalue weighted by molar-refractivity contribution is 7.90. The summed E-state index contributed by atoms with van der Waals surface area (Å²) < 4.78 is 23.8. The molecule has 0 aliphatic carbocycles. The molecule has 6 nitrogen and oxygen atoms in total. The van der Waals surface area contributed by atoms with Crippen LogP contribution in [0.2, 0.25) is 0 Å². The highest BCUT2D eigenvalue weighted by Gasteiger charge is 2.12. The molecular formula is C14H13N3O3S3. The molecule has 0 bridgehead atoms. The summed E-state index contributed by atoms with van der Waals surface area (Å²) in [5.41, 5.74) is 0.649. The maximum Gasteiger partial charge on any atom is 0.321 e. The van der Waals surface area contributed by atoms with E-state index in [-0.39, 0.29) is 10.9 Å². The predicted molar refractivity (Wildman–Crippen MR) is 92.9 cm³/mol. The molecule has 2 aromatic heterocycles. The standard InChI is InChI=1S/C14H13N3O3S3/c1-23(19,20)10-4-5-11-12(7-10)22-14(16-11)17-13(18)15-8-9-3-2-6-21-9/h2-7H,8H2,1H3,(H2,15,16,17,18). The molecule has 2 N–H and O–H groups in total. The molecule has 120 valence electrons. The second kappa shape index (κ2) is 6.26. The fourth-order valence-electron chi connectivity index (χ4n) is 1.91. The van der Waals surface area contributed by atoms with Crippen molar-refractivity contribution < 1.29 is 13.2 Å². The Labute approximate surface area is 141 Å². The molecule has 3 aromatic rings. The highest BCUT2D eigenvalue weighted by atomic mass is 32.2. The minimum atomic E-state index is -3.26. The van der Waals surface area contributed by atoms with E-state index in [2.05, 4.69) is 15.6 Å². The molecule has 0 fully saturated rings. The van der Waals surface area contributed by atoms with E-state index in [1.165, 1.54) is 17.4 Å². The zero-order chi connectivity index (χ0) is 16.4. The van der Waals surface area contributed by atoms with Crippen molar-refractivity contribution in [1.82, 2.24) is 10.3 Å². The second-order valence-corrected chi connectivity index (χ2v) is 8.89. The van der Waals surface area contributed by atoms with Gasteiger partial charge in [-0.2, -0.15) is 0 Å². The van der Waals surface area contributed by atoms with E-state index in [0.717, 1.165) is 11.1 Å². The molecule has 2 heterocycles. The van der Waals surface area contributed by atoms with Gasteiger partial charge in [-0.15, -0.1) is 11.3 Å². The quantitative estimate of drug-likeness (QED) is 0.742. The van der Waals surface area contributed by atoms with Gasteiger partial charge in [-0.05, 0) is 29.6 Å². The first-order valence-corrected chi connectivity index (χ1v) is 10.2. The van der Waals surface area contributed by atoms with Crippen molar-refractivity contribution in [3.8, 4) is 0 Å². The Kier molecular flexibility index (Phi) is 4.33. The average molecular weight is 367 g/mol. The minimum absolute atomic E-state index is 0.238. The Balaban J connectivity index is 1.71. The first-order valence-electron chi connectivity index (χ1n) is 6.60. The second-order valence-electron chi connectivity index (χ2n) is 4.81. The summed E-state index contributed by atoms with van der Waals surface area (Å²) in [4.78, 5) is 17.4. The molecule has 0 aliphatic rings. The number of urea groups is 1. The maximum absolute atomic E-state index is 11.9. The lowest BCUT2D eigenvalue weighted by atomic mass is 10.3. The molecule has 9 heteroatoms. The summed E-state index contributed by atoms with van der Waals surface area (Å²) in [5, 5.41) is 7.78. The van der Waals surface area contributed by atoms with Crippen molar-refractivity contribution in [2.24, 2.45) is 0 Å². The average Bonchev–Trinajstić information content (AvgIpc) is 3.12. The predicted octanol–water partition coefficient (Wildman–Crippen LogP) is 3.08. The molecular weight excluding hydrogens is 354 g/mol. The van der Waals surface area contributed by atoms with Gasteiger partial charge in [0.15, 0.2) is 15.0 Å². The monoisotopic (exact) mass is 367 g/mol. The van der Waals surface area contributed by atoms with Gasteiger partial charge in [0.05, 0.1) is 21.7 Å². The summed E-state index contributed by atoms with van der Waals surface area (Å²) in [5.74, 6) is 0. The number of rotatable bonds is 4. The lowest BCUT2D eigenvalue weighted by Gasteiger charge is -2.03. The van der Waals surface area contributed by atoms with Crippen LogP contribution in [0.1, 0.15) is 4.88 Å². The Bertz CT molecular complexity index is 946. The fourth-order valence-corrected chi connectivity index (χ4v) is 4.18. The van der Waals surface area contributed by atoms with E-state index in [9.17, 15) is 13.2 Å². The number of nitrogens with one attached hydrogen (secondary N) is 2. The van der Waals surface area contributed by atoms with Crippen LogP contribution in [0.25, 0.3) is 10.2 Å². The largest absolute Gasteiger partial charge is 0.333 e. The number of anilines is 1. The van der Waals surface area contributed by atoms with Crippen LogP contribution in [0, 0.1) is 0 Å². The van der Waals surface area contributed by atoms with E-state index in [4.69, 9.17) is 0 Å². The van der Waals surface area contributed by atoms with Gasteiger partial charge < -0.3 is 5.32 Å². The Morgan fingerprint density at radius 1 is 1.30 bits per heavy atom. The van der Waals surface area contributed by atoms with Gasteiger partial charge >= 0.3 is 6.03 Å². The molecule has 0 aliphatic heterocycles. The number of carbonyl (C=O) groups excluding carboxylic acids is 1. The van der Waals surface area contributed by atoms with Gasteiger partial charge in [-0.1, -0.05) is 17.4 Å². The SMILES string of the molecule is CS(=O)(=O)c1ccc2nc(NC(=O)NCc3cccs3)sc2c1. The zero-order valence-corrected chi connectivity index (χ0v) is 14.5. The lowest BCUT2D eigenvalue weighted by molar-refractivity contribution is 0.252. The molecule has 0 spiro atoms. The molecule has 0 saturated carbocycles. The van der Waals surface area contributed by atoms with Gasteiger partial charge in [0.1, 0.15) is 0 Å². The summed E-state index contributed by atoms with van der Waals surface area (Å²) in [6, 6.07) is 8.23. The third kappa shape index (κ3) is 3.87. The van der Waals surface area contributed by atoms with Crippen LogP contribution in [-0.2, 0) is 16.4 Å². The lowest BCUT2D eigenvalue weighted by Crippen LogP contribution is -2.27. The van der Waals surface area contributed by atoms with E-state index in [0.29, 0.717) is 21.9 Å². The smallest absolute Gasteiger partial charge is 0.321 e. The van der Waals surface area contributed by atoms with E-state index < -0.39 is 9.84 Å². The van der Waals surface area contributed by atoms with Crippen LogP contribution in [0.4, 0.5) is 9.93 Å². The molecule has 2 amide bonds. The number of hydrogen-bond donors (Lipinski definition) is 2. The molecule has 0 atom stereocenters. The fraction of sp³-hybridized carbons (Fsp3) is 0.143. The van der Waals surface area contributed by atoms with Crippen LogP contribution in [0.3, 0.4) is 0 Å². The van der Waals surface area contributed by atoms with Crippen molar-refractivity contribution in [3.63, 3.8) is 0 Å². The molecule has 1 aromatic carbocycles. The normalized spacial score (nSPS) is 11.5. The molecule has 0 radical (unpaired) electrons. The third-order valence-corrected chi connectivity index (χ3v) is 5.93.